The molecule has 4 rings (SSSR count). The van der Waals surface area contributed by atoms with Crippen molar-refractivity contribution < 1.29 is 22.4 Å². The summed E-state index contributed by atoms with van der Waals surface area (Å²) in [5.41, 5.74) is 1.44. The lowest BCUT2D eigenvalue weighted by Crippen LogP contribution is -2.48. The highest BCUT2D eigenvalue weighted by Gasteiger charge is 2.44. The molecule has 1 aromatic heterocycles. The average Bonchev–Trinajstić information content (AvgIpc) is 3.08. The molecule has 2 aliphatic heterocycles. The number of hydrogen-bond acceptors (Lipinski definition) is 4. The number of halogens is 4. The molecule has 1 atom stereocenters. The van der Waals surface area contributed by atoms with E-state index in [9.17, 15) is 22.4 Å². The van der Waals surface area contributed by atoms with Crippen LogP contribution in [0.2, 0.25) is 0 Å². The molecule has 0 N–H and O–H groups in total. The zero-order chi connectivity index (χ0) is 18.5. The zero-order valence-electron chi connectivity index (χ0n) is 13.0. The quantitative estimate of drug-likeness (QED) is 0.771. The van der Waals surface area contributed by atoms with Gasteiger partial charge < -0.3 is 4.90 Å². The van der Waals surface area contributed by atoms with Gasteiger partial charge in [-0.3, -0.25) is 9.78 Å². The molecule has 2 aromatic rings. The van der Waals surface area contributed by atoms with E-state index >= 15 is 0 Å². The van der Waals surface area contributed by atoms with Gasteiger partial charge in [-0.05, 0) is 23.8 Å². The Morgan fingerprint density at radius 1 is 1.12 bits per heavy atom. The first-order valence-electron chi connectivity index (χ1n) is 7.59. The Labute approximate surface area is 144 Å². The van der Waals surface area contributed by atoms with Crippen molar-refractivity contribution in [2.75, 3.05) is 11.4 Å². The van der Waals surface area contributed by atoms with Gasteiger partial charge in [0.05, 0.1) is 5.69 Å². The second kappa shape index (κ2) is 5.72. The van der Waals surface area contributed by atoms with Gasteiger partial charge in [-0.15, -0.1) is 0 Å². The fraction of sp³-hybridized carbons (Fsp3) is 0.176. The molecule has 132 valence electrons. The fourth-order valence-corrected chi connectivity index (χ4v) is 2.96. The van der Waals surface area contributed by atoms with Crippen LogP contribution >= 0.6 is 0 Å². The largest absolute Gasteiger partial charge is 0.406 e. The van der Waals surface area contributed by atoms with Crippen molar-refractivity contribution in [2.24, 2.45) is 16.1 Å². The minimum atomic E-state index is -4.58. The van der Waals surface area contributed by atoms with Crippen molar-refractivity contribution >= 4 is 23.5 Å². The third-order valence-corrected chi connectivity index (χ3v) is 4.12. The lowest BCUT2D eigenvalue weighted by molar-refractivity contribution is -0.132. The van der Waals surface area contributed by atoms with E-state index in [0.29, 0.717) is 16.0 Å². The number of carbonyl (C=O) groups is 1. The Morgan fingerprint density at radius 2 is 1.85 bits per heavy atom. The third kappa shape index (κ3) is 2.75. The number of amides is 1. The lowest BCUT2D eigenvalue weighted by Gasteiger charge is -2.32. The van der Waals surface area contributed by atoms with Crippen molar-refractivity contribution in [3.8, 4) is 11.1 Å². The van der Waals surface area contributed by atoms with Crippen molar-refractivity contribution in [2.45, 2.75) is 6.18 Å². The number of rotatable bonds is 2. The summed E-state index contributed by atoms with van der Waals surface area (Å²) in [6, 6.07) is 6.86. The Kier molecular flexibility index (Phi) is 3.60. The van der Waals surface area contributed by atoms with Crippen LogP contribution < -0.4 is 4.90 Å². The van der Waals surface area contributed by atoms with Gasteiger partial charge in [0.2, 0.25) is 5.91 Å². The van der Waals surface area contributed by atoms with Crippen LogP contribution in [0.5, 0.6) is 0 Å². The molecule has 9 heteroatoms. The van der Waals surface area contributed by atoms with Crippen LogP contribution in [0.25, 0.3) is 11.1 Å². The molecule has 0 saturated heterocycles. The van der Waals surface area contributed by atoms with Gasteiger partial charge in [-0.1, -0.05) is 12.1 Å². The number of fused-ring (bicyclic) bond motifs is 3. The second-order valence-electron chi connectivity index (χ2n) is 5.87. The summed E-state index contributed by atoms with van der Waals surface area (Å²) in [6.07, 6.45) is -1.92. The minimum Gasteiger partial charge on any atom is -0.300 e. The van der Waals surface area contributed by atoms with Crippen molar-refractivity contribution in [3.05, 3.63) is 48.0 Å². The van der Waals surface area contributed by atoms with E-state index in [2.05, 4.69) is 15.2 Å². The lowest BCUT2D eigenvalue weighted by atomic mass is 9.93. The monoisotopic (exact) mass is 362 g/mol. The van der Waals surface area contributed by atoms with Gasteiger partial charge >= 0.3 is 6.18 Å². The van der Waals surface area contributed by atoms with Crippen LogP contribution in [0, 0.1) is 11.7 Å². The highest BCUT2D eigenvalue weighted by Crippen LogP contribution is 2.36. The van der Waals surface area contributed by atoms with E-state index in [1.165, 1.54) is 42.7 Å². The zero-order valence-corrected chi connectivity index (χ0v) is 13.0. The van der Waals surface area contributed by atoms with Gasteiger partial charge in [0.15, 0.2) is 0 Å². The maximum absolute atomic E-state index is 13.1. The SMILES string of the molecule is O=C1C2C=NN=C2c2ncc(-c3ccc(F)cc3)cc2N1CC(F)(F)F. The predicted molar refractivity (Wildman–Crippen MR) is 86.6 cm³/mol. The van der Waals surface area contributed by atoms with Crippen LogP contribution in [0.15, 0.2) is 46.7 Å². The number of pyridine rings is 1. The smallest absolute Gasteiger partial charge is 0.300 e. The van der Waals surface area contributed by atoms with Crippen LogP contribution in [-0.2, 0) is 4.79 Å². The Balaban J connectivity index is 1.84. The molecule has 1 amide bonds. The molecule has 1 aromatic carbocycles. The van der Waals surface area contributed by atoms with E-state index in [1.54, 1.807) is 0 Å². The van der Waals surface area contributed by atoms with E-state index < -0.39 is 30.4 Å². The first-order chi connectivity index (χ1) is 12.3. The van der Waals surface area contributed by atoms with Crippen LogP contribution in [-0.4, -0.2) is 35.5 Å². The first-order valence-corrected chi connectivity index (χ1v) is 7.59. The third-order valence-electron chi connectivity index (χ3n) is 4.12. The summed E-state index contributed by atoms with van der Waals surface area (Å²) in [5, 5.41) is 7.49. The number of anilines is 1. The molecule has 0 aliphatic carbocycles. The van der Waals surface area contributed by atoms with Crippen LogP contribution in [0.3, 0.4) is 0 Å². The predicted octanol–water partition coefficient (Wildman–Crippen LogP) is 3.20. The highest BCUT2D eigenvalue weighted by atomic mass is 19.4. The normalized spacial score (nSPS) is 18.6. The van der Waals surface area contributed by atoms with Gasteiger partial charge in [0.1, 0.15) is 29.7 Å². The number of aromatic nitrogens is 1. The first kappa shape index (κ1) is 16.4. The molecule has 2 aliphatic rings. The van der Waals surface area contributed by atoms with E-state index in [1.807, 2.05) is 0 Å². The van der Waals surface area contributed by atoms with Crippen molar-refractivity contribution in [1.82, 2.24) is 4.98 Å². The Hall–Kier alpha value is -3.10. The Bertz CT molecular complexity index is 950. The highest BCUT2D eigenvalue weighted by molar-refractivity contribution is 6.31. The molecule has 3 heterocycles. The maximum Gasteiger partial charge on any atom is 0.406 e. The number of nitrogens with zero attached hydrogens (tertiary/aromatic N) is 4. The molecule has 0 bridgehead atoms. The van der Waals surface area contributed by atoms with Crippen molar-refractivity contribution in [3.63, 3.8) is 0 Å². The molecule has 1 unspecified atom stereocenters. The summed E-state index contributed by atoms with van der Waals surface area (Å²) in [4.78, 5) is 17.4. The van der Waals surface area contributed by atoms with Crippen LogP contribution in [0.1, 0.15) is 5.69 Å². The number of benzene rings is 1. The van der Waals surface area contributed by atoms with Crippen molar-refractivity contribution in [1.29, 1.82) is 0 Å². The summed E-state index contributed by atoms with van der Waals surface area (Å²) >= 11 is 0. The van der Waals surface area contributed by atoms with Crippen LogP contribution in [0.4, 0.5) is 23.2 Å². The molecule has 0 saturated carbocycles. The summed E-state index contributed by atoms with van der Waals surface area (Å²) in [6.45, 7) is -1.44. The van der Waals surface area contributed by atoms with E-state index in [4.69, 9.17) is 0 Å². The molecular formula is C17H10F4N4O. The molecule has 5 nitrogen and oxygen atoms in total. The summed E-state index contributed by atoms with van der Waals surface area (Å²) < 4.78 is 52.1. The average molecular weight is 362 g/mol. The van der Waals surface area contributed by atoms with Gasteiger partial charge in [-0.25, -0.2) is 4.39 Å². The van der Waals surface area contributed by atoms with Gasteiger partial charge in [0.25, 0.3) is 0 Å². The van der Waals surface area contributed by atoms with E-state index in [0.717, 1.165) is 0 Å². The number of hydrogen-bond donors (Lipinski definition) is 0. The second-order valence-corrected chi connectivity index (χ2v) is 5.87. The molecule has 0 fully saturated rings. The fourth-order valence-electron chi connectivity index (χ4n) is 2.96. The molecule has 26 heavy (non-hydrogen) atoms. The minimum absolute atomic E-state index is 0.00894. The standard InChI is InChI=1S/C17H10F4N4O/c18-11-3-1-9(2-4-11)10-5-13-15(22-6-10)14-12(7-23-24-14)16(26)25(13)8-17(19,20)21/h1-7,12H,8H2. The topological polar surface area (TPSA) is 57.9 Å². The molecule has 0 spiro atoms. The van der Waals surface area contributed by atoms with E-state index in [-0.39, 0.29) is 17.1 Å². The molecule has 0 radical (unpaired) electrons. The maximum atomic E-state index is 13.1. The number of alkyl halides is 3. The summed E-state index contributed by atoms with van der Waals surface area (Å²) in [7, 11) is 0. The number of carbonyl (C=O) groups excluding carboxylic acids is 1. The van der Waals surface area contributed by atoms with Gasteiger partial charge in [0, 0.05) is 18.0 Å². The Morgan fingerprint density at radius 3 is 2.54 bits per heavy atom. The van der Waals surface area contributed by atoms with Gasteiger partial charge in [-0.2, -0.15) is 23.4 Å². The summed E-state index contributed by atoms with van der Waals surface area (Å²) in [5.74, 6) is -2.16. The molecular weight excluding hydrogens is 352 g/mol.